The van der Waals surface area contributed by atoms with Gasteiger partial charge in [-0.05, 0) is 96.5 Å². The lowest BCUT2D eigenvalue weighted by atomic mass is 9.33. The highest BCUT2D eigenvalue weighted by Crippen LogP contribution is 2.76. The summed E-state index contributed by atoms with van der Waals surface area (Å²) >= 11 is 0. The van der Waals surface area contributed by atoms with Crippen LogP contribution < -0.4 is 0 Å². The zero-order valence-corrected chi connectivity index (χ0v) is 47.1. The van der Waals surface area contributed by atoms with Gasteiger partial charge in [0.2, 0.25) is 0 Å². The molecule has 0 aromatic heterocycles. The monoisotopic (exact) mass is 1130 g/mol. The Hall–Kier alpha value is -3.27. The zero-order chi connectivity index (χ0) is 58.6. The van der Waals surface area contributed by atoms with Crippen molar-refractivity contribution in [3.63, 3.8) is 0 Å². The average molecular weight is 1140 g/mol. The lowest BCUT2D eigenvalue weighted by Crippen LogP contribution is -2.72. The highest BCUT2D eigenvalue weighted by atomic mass is 16.8. The molecule has 3 aliphatic heterocycles. The quantitative estimate of drug-likeness (QED) is 0.0754. The third kappa shape index (κ3) is 9.88. The van der Waals surface area contributed by atoms with E-state index in [1.54, 1.807) is 44.2 Å². The van der Waals surface area contributed by atoms with Crippen molar-refractivity contribution in [3.8, 4) is 0 Å². The van der Waals surface area contributed by atoms with Crippen LogP contribution in [0.2, 0.25) is 0 Å². The molecule has 450 valence electrons. The summed E-state index contributed by atoms with van der Waals surface area (Å²) in [6.07, 6.45) is -23.8. The number of carbonyl (C=O) groups excluding carboxylic acids is 2. The SMILES string of the molecule is CC(C)C(=O)OC1C(OC(=O)c2ccccc2)C(C)(C)CC2C3=CCC4C5(C)CCC(OC6OC(C(=O)O)C(O)C(OC7OCC(O)C(O)C7O)C6OC6OC(CO)C(O)C(O)C6O)C(C)(C)C5CCC4(C)C3(C)CC(O)C21CO. The number of aliphatic carboxylic acids is 1. The molecule has 80 heavy (non-hydrogen) atoms. The minimum absolute atomic E-state index is 0.0237. The fourth-order valence-corrected chi connectivity index (χ4v) is 16.5. The molecule has 9 rings (SSSR count). The van der Waals surface area contributed by atoms with Gasteiger partial charge in [-0.1, -0.05) is 92.2 Å². The molecule has 22 heteroatoms. The molecule has 0 spiro atoms. The predicted molar refractivity (Wildman–Crippen MR) is 277 cm³/mol. The number of carbonyl (C=O) groups is 3. The van der Waals surface area contributed by atoms with Gasteiger partial charge in [-0.25, -0.2) is 9.59 Å². The molecule has 8 aliphatic rings. The van der Waals surface area contributed by atoms with Gasteiger partial charge in [0, 0.05) is 5.41 Å². The second-order valence-electron chi connectivity index (χ2n) is 26.6. The fraction of sp³-hybridized carbons (Fsp3) is 0.810. The number of carboxylic acids is 1. The molecule has 3 saturated heterocycles. The van der Waals surface area contributed by atoms with Gasteiger partial charge in [-0.2, -0.15) is 0 Å². The number of carboxylic acid groups (broad SMARTS) is 1. The highest BCUT2D eigenvalue weighted by Gasteiger charge is 2.74. The maximum Gasteiger partial charge on any atom is 0.338 e. The first-order valence-electron chi connectivity index (χ1n) is 28.4. The third-order valence-electron chi connectivity index (χ3n) is 21.2. The lowest BCUT2D eigenvalue weighted by molar-refractivity contribution is -0.392. The van der Waals surface area contributed by atoms with E-state index in [1.165, 1.54) is 0 Å². The average Bonchev–Trinajstić information content (AvgIpc) is 3.43. The summed E-state index contributed by atoms with van der Waals surface area (Å²) in [5.74, 6) is -3.89. The summed E-state index contributed by atoms with van der Waals surface area (Å²) in [5, 5.41) is 121. The summed E-state index contributed by atoms with van der Waals surface area (Å²) in [5.41, 5.74) is -3.07. The first-order valence-corrected chi connectivity index (χ1v) is 28.4. The molecule has 11 N–H and O–H groups in total. The van der Waals surface area contributed by atoms with Crippen molar-refractivity contribution in [2.45, 2.75) is 218 Å². The number of ether oxygens (including phenoxy) is 8. The Bertz CT molecular complexity index is 2440. The van der Waals surface area contributed by atoms with Crippen molar-refractivity contribution in [2.24, 2.45) is 56.2 Å². The number of esters is 2. The third-order valence-corrected chi connectivity index (χ3v) is 21.2. The van der Waals surface area contributed by atoms with Crippen LogP contribution in [0.1, 0.15) is 118 Å². The number of fused-ring (bicyclic) bond motifs is 7. The van der Waals surface area contributed by atoms with Crippen molar-refractivity contribution in [1.29, 1.82) is 0 Å². The Balaban J connectivity index is 1.03. The molecule has 25 unspecified atom stereocenters. The van der Waals surface area contributed by atoms with Crippen molar-refractivity contribution in [2.75, 3.05) is 19.8 Å². The number of allylic oxidation sites excluding steroid dienone is 2. The van der Waals surface area contributed by atoms with Gasteiger partial charge in [-0.3, -0.25) is 4.79 Å². The number of benzene rings is 1. The topological polar surface area (TPSA) is 348 Å². The van der Waals surface area contributed by atoms with Crippen LogP contribution in [0, 0.1) is 56.2 Å². The molecule has 5 aliphatic carbocycles. The maximum absolute atomic E-state index is 13.9. The van der Waals surface area contributed by atoms with Gasteiger partial charge in [0.25, 0.3) is 0 Å². The van der Waals surface area contributed by atoms with E-state index in [9.17, 15) is 70.6 Å². The number of hydrogen-bond acceptors (Lipinski definition) is 21. The molecule has 22 nitrogen and oxygen atoms in total. The van der Waals surface area contributed by atoms with Crippen LogP contribution in [0.5, 0.6) is 0 Å². The van der Waals surface area contributed by atoms with Crippen LogP contribution in [0.25, 0.3) is 0 Å². The fourth-order valence-electron chi connectivity index (χ4n) is 16.5. The standard InChI is InChI=1S/C58H86O22/c1-26(2)48(71)80-46-45(79-49(72)27-13-11-10-12-14-27)53(3,4)21-29-28-15-16-33-55(7)19-18-35(54(5,6)32(55)17-20-56(33,8)57(28,9)22-34(62)58(29,46)25-60)75-52-44(78-51-40(67)38(65)37(64)31(23-59)74-51)42(41(68)43(77-52)47(69)70)76-50-39(66)36(63)30(61)24-73-50/h10-15,26,29-46,50-52,59-68H,16-25H2,1-9H3,(H,69,70). The van der Waals surface area contributed by atoms with Gasteiger partial charge < -0.3 is 94.1 Å². The molecule has 3 heterocycles. The van der Waals surface area contributed by atoms with E-state index in [1.807, 2.05) is 13.8 Å². The van der Waals surface area contributed by atoms with E-state index < -0.39 is 187 Å². The predicted octanol–water partition coefficient (Wildman–Crippen LogP) is 1.33. The molecule has 0 radical (unpaired) electrons. The van der Waals surface area contributed by atoms with E-state index in [-0.39, 0.29) is 23.7 Å². The first-order chi connectivity index (χ1) is 37.4. The van der Waals surface area contributed by atoms with E-state index in [0.717, 1.165) is 5.57 Å². The molecular weight excluding hydrogens is 1050 g/mol. The first kappa shape index (κ1) is 61.3. The van der Waals surface area contributed by atoms with Gasteiger partial charge in [0.05, 0.1) is 48.9 Å². The summed E-state index contributed by atoms with van der Waals surface area (Å²) in [7, 11) is 0. The normalized spacial score (nSPS) is 47.8. The van der Waals surface area contributed by atoms with Crippen LogP contribution in [0.15, 0.2) is 42.0 Å². The van der Waals surface area contributed by atoms with Crippen LogP contribution >= 0.6 is 0 Å². The van der Waals surface area contributed by atoms with E-state index >= 15 is 0 Å². The maximum atomic E-state index is 13.9. The molecule has 1 aromatic rings. The number of rotatable bonds is 13. The van der Waals surface area contributed by atoms with Gasteiger partial charge in [0.1, 0.15) is 73.2 Å². The second-order valence-corrected chi connectivity index (χ2v) is 26.6. The largest absolute Gasteiger partial charge is 0.479 e. The number of aliphatic hydroxyl groups is 10. The van der Waals surface area contributed by atoms with Crippen LogP contribution in [0.4, 0.5) is 0 Å². The summed E-state index contributed by atoms with van der Waals surface area (Å²) < 4.78 is 49.3. The van der Waals surface area contributed by atoms with E-state index in [2.05, 4.69) is 40.7 Å². The molecule has 25 atom stereocenters. The van der Waals surface area contributed by atoms with Gasteiger partial charge in [0.15, 0.2) is 25.0 Å². The van der Waals surface area contributed by atoms with E-state index in [4.69, 9.17) is 37.9 Å². The molecule has 7 fully saturated rings. The minimum atomic E-state index is -2.11. The Morgan fingerprint density at radius 1 is 0.700 bits per heavy atom. The molecule has 0 bridgehead atoms. The molecule has 4 saturated carbocycles. The molecule has 0 amide bonds. The molecular formula is C58H86O22. The lowest BCUT2D eigenvalue weighted by Gasteiger charge is -2.72. The number of aliphatic hydroxyl groups excluding tert-OH is 10. The summed E-state index contributed by atoms with van der Waals surface area (Å²) in [4.78, 5) is 40.5. The molecule has 1 aromatic carbocycles. The minimum Gasteiger partial charge on any atom is -0.479 e. The Labute approximate surface area is 466 Å². The highest BCUT2D eigenvalue weighted by molar-refractivity contribution is 5.89. The van der Waals surface area contributed by atoms with Gasteiger partial charge in [-0.15, -0.1) is 0 Å². The summed E-state index contributed by atoms with van der Waals surface area (Å²) in [6, 6.07) is 8.52. The summed E-state index contributed by atoms with van der Waals surface area (Å²) in [6.45, 7) is 16.4. The van der Waals surface area contributed by atoms with Crippen molar-refractivity contribution < 1.29 is 108 Å². The Kier molecular flexibility index (Phi) is 17.1. The van der Waals surface area contributed by atoms with Gasteiger partial charge >= 0.3 is 17.9 Å². The zero-order valence-electron chi connectivity index (χ0n) is 47.1. The van der Waals surface area contributed by atoms with Crippen LogP contribution in [0.3, 0.4) is 0 Å². The van der Waals surface area contributed by atoms with Crippen molar-refractivity contribution >= 4 is 17.9 Å². The second kappa shape index (κ2) is 22.3. The Morgan fingerprint density at radius 2 is 1.36 bits per heavy atom. The smallest absolute Gasteiger partial charge is 0.338 e. The Morgan fingerprint density at radius 3 is 2.00 bits per heavy atom. The van der Waals surface area contributed by atoms with Crippen molar-refractivity contribution in [3.05, 3.63) is 47.5 Å². The van der Waals surface area contributed by atoms with Crippen LogP contribution in [-0.4, -0.2) is 204 Å². The number of hydrogen-bond donors (Lipinski definition) is 11. The van der Waals surface area contributed by atoms with E-state index in [0.29, 0.717) is 44.1 Å². The van der Waals surface area contributed by atoms with Crippen LogP contribution in [-0.2, 0) is 47.5 Å². The van der Waals surface area contributed by atoms with Crippen molar-refractivity contribution in [1.82, 2.24) is 0 Å².